The van der Waals surface area contributed by atoms with Crippen molar-refractivity contribution in [2.24, 2.45) is 0 Å². The van der Waals surface area contributed by atoms with Gasteiger partial charge in [-0.05, 0) is 23.8 Å². The maximum Gasteiger partial charge on any atom is 0.142 e. The lowest BCUT2D eigenvalue weighted by Crippen LogP contribution is -1.99. The number of hydrogen-bond donors (Lipinski definition) is 2. The average Bonchev–Trinajstić information content (AvgIpc) is 2.55. The van der Waals surface area contributed by atoms with E-state index in [-0.39, 0.29) is 5.82 Å². The van der Waals surface area contributed by atoms with E-state index < -0.39 is 0 Å². The second-order valence-electron chi connectivity index (χ2n) is 4.92. The summed E-state index contributed by atoms with van der Waals surface area (Å²) in [5.74, 6) is 0.232. The van der Waals surface area contributed by atoms with Gasteiger partial charge in [0, 0.05) is 16.8 Å². The van der Waals surface area contributed by atoms with E-state index in [1.54, 1.807) is 0 Å². The highest BCUT2D eigenvalue weighted by Gasteiger charge is 2.13. The molecule has 0 amide bonds. The normalized spacial score (nSPS) is 10.1. The Bertz CT molecular complexity index is 847. The lowest BCUT2D eigenvalue weighted by Gasteiger charge is -2.10. The highest BCUT2D eigenvalue weighted by Crippen LogP contribution is 2.31. The zero-order valence-electron chi connectivity index (χ0n) is 11.8. The van der Waals surface area contributed by atoms with Crippen molar-refractivity contribution in [1.82, 2.24) is 4.98 Å². The minimum atomic E-state index is 0.232. The van der Waals surface area contributed by atoms with E-state index in [1.807, 2.05) is 60.7 Å². The highest BCUT2D eigenvalue weighted by molar-refractivity contribution is 5.80. The van der Waals surface area contributed by atoms with Gasteiger partial charge in [-0.2, -0.15) is 5.26 Å². The van der Waals surface area contributed by atoms with Crippen LogP contribution in [0.5, 0.6) is 0 Å². The first-order valence-corrected chi connectivity index (χ1v) is 6.81. The summed E-state index contributed by atoms with van der Waals surface area (Å²) >= 11 is 0. The molecule has 22 heavy (non-hydrogen) atoms. The topological polar surface area (TPSA) is 88.7 Å². The third-order valence-electron chi connectivity index (χ3n) is 3.45. The number of nitriles is 1. The predicted octanol–water partition coefficient (Wildman–Crippen LogP) is 3.45. The molecule has 0 aliphatic heterocycles. The molecule has 0 spiro atoms. The minimum Gasteiger partial charge on any atom is -0.399 e. The average molecular weight is 286 g/mol. The fourth-order valence-corrected chi connectivity index (χ4v) is 2.33. The fourth-order valence-electron chi connectivity index (χ4n) is 2.33. The fraction of sp³-hybridized carbons (Fsp3) is 0. The molecule has 3 rings (SSSR count). The molecule has 0 unspecified atom stereocenters. The van der Waals surface area contributed by atoms with Crippen LogP contribution in [0.4, 0.5) is 11.5 Å². The Morgan fingerprint density at radius 2 is 1.55 bits per heavy atom. The number of nitrogens with two attached hydrogens (primary N) is 2. The monoisotopic (exact) mass is 286 g/mol. The van der Waals surface area contributed by atoms with Crippen molar-refractivity contribution >= 4 is 11.5 Å². The van der Waals surface area contributed by atoms with Crippen LogP contribution in [0.1, 0.15) is 5.56 Å². The van der Waals surface area contributed by atoms with E-state index in [1.165, 1.54) is 0 Å². The van der Waals surface area contributed by atoms with Gasteiger partial charge in [0.05, 0.1) is 5.69 Å². The number of pyridine rings is 1. The van der Waals surface area contributed by atoms with Gasteiger partial charge in [0.2, 0.25) is 0 Å². The summed E-state index contributed by atoms with van der Waals surface area (Å²) in [5.41, 5.74) is 16.1. The van der Waals surface area contributed by atoms with E-state index in [2.05, 4.69) is 11.1 Å². The molecule has 106 valence electrons. The molecule has 0 bridgehead atoms. The molecule has 0 fully saturated rings. The summed E-state index contributed by atoms with van der Waals surface area (Å²) in [6, 6.07) is 21.1. The standard InChI is InChI=1S/C18H14N4/c19-11-16-15(12-4-2-1-3-5-12)10-17(22-18(16)21)13-6-8-14(20)9-7-13/h1-10H,20H2,(H2,21,22). The van der Waals surface area contributed by atoms with Gasteiger partial charge in [0.1, 0.15) is 17.5 Å². The Hall–Kier alpha value is -3.32. The molecule has 0 atom stereocenters. The quantitative estimate of drug-likeness (QED) is 0.706. The van der Waals surface area contributed by atoms with Gasteiger partial charge in [0.25, 0.3) is 0 Å². The minimum absolute atomic E-state index is 0.232. The highest BCUT2D eigenvalue weighted by atomic mass is 14.8. The Kier molecular flexibility index (Phi) is 3.47. The first kappa shape index (κ1) is 13.7. The molecule has 0 radical (unpaired) electrons. The number of benzene rings is 2. The smallest absolute Gasteiger partial charge is 0.142 e. The van der Waals surface area contributed by atoms with Crippen molar-refractivity contribution in [3.05, 3.63) is 66.2 Å². The maximum absolute atomic E-state index is 9.37. The maximum atomic E-state index is 9.37. The van der Waals surface area contributed by atoms with Crippen LogP contribution in [0.3, 0.4) is 0 Å². The van der Waals surface area contributed by atoms with Gasteiger partial charge >= 0.3 is 0 Å². The van der Waals surface area contributed by atoms with E-state index in [9.17, 15) is 5.26 Å². The van der Waals surface area contributed by atoms with Gasteiger partial charge < -0.3 is 11.5 Å². The van der Waals surface area contributed by atoms with Crippen LogP contribution >= 0.6 is 0 Å². The molecule has 1 heterocycles. The molecular formula is C18H14N4. The van der Waals surface area contributed by atoms with Crippen LogP contribution in [-0.2, 0) is 0 Å². The number of hydrogen-bond acceptors (Lipinski definition) is 4. The van der Waals surface area contributed by atoms with Gasteiger partial charge in [-0.25, -0.2) is 4.98 Å². The molecule has 0 aliphatic rings. The number of rotatable bonds is 2. The Labute approximate surface area is 128 Å². The van der Waals surface area contributed by atoms with Gasteiger partial charge in [-0.15, -0.1) is 0 Å². The summed E-state index contributed by atoms with van der Waals surface area (Å²) in [7, 11) is 0. The van der Waals surface area contributed by atoms with E-state index >= 15 is 0 Å². The van der Waals surface area contributed by atoms with Crippen molar-refractivity contribution in [3.63, 3.8) is 0 Å². The molecule has 0 saturated heterocycles. The molecule has 3 aromatic rings. The van der Waals surface area contributed by atoms with Crippen LogP contribution in [0.2, 0.25) is 0 Å². The SMILES string of the molecule is N#Cc1c(-c2ccccc2)cc(-c2ccc(N)cc2)nc1N. The number of aromatic nitrogens is 1. The third-order valence-corrected chi connectivity index (χ3v) is 3.45. The van der Waals surface area contributed by atoms with Crippen molar-refractivity contribution in [1.29, 1.82) is 5.26 Å². The van der Waals surface area contributed by atoms with E-state index in [0.29, 0.717) is 11.3 Å². The Morgan fingerprint density at radius 1 is 0.864 bits per heavy atom. The summed E-state index contributed by atoms with van der Waals surface area (Å²) in [4.78, 5) is 4.34. The molecule has 0 aliphatic carbocycles. The molecule has 4 heteroatoms. The van der Waals surface area contributed by atoms with Crippen LogP contribution in [-0.4, -0.2) is 4.98 Å². The molecule has 0 saturated carbocycles. The number of nitrogens with zero attached hydrogens (tertiary/aromatic N) is 2. The third kappa shape index (κ3) is 2.48. The zero-order chi connectivity index (χ0) is 15.5. The van der Waals surface area contributed by atoms with E-state index in [0.717, 1.165) is 22.4 Å². The number of nitrogen functional groups attached to an aromatic ring is 2. The van der Waals surface area contributed by atoms with Crippen molar-refractivity contribution in [2.75, 3.05) is 11.5 Å². The van der Waals surface area contributed by atoms with Crippen LogP contribution in [0, 0.1) is 11.3 Å². The first-order chi connectivity index (χ1) is 10.7. The second-order valence-corrected chi connectivity index (χ2v) is 4.92. The molecule has 4 N–H and O–H groups in total. The van der Waals surface area contributed by atoms with Gasteiger partial charge in [-0.1, -0.05) is 42.5 Å². The van der Waals surface area contributed by atoms with Gasteiger partial charge in [-0.3, -0.25) is 0 Å². The van der Waals surface area contributed by atoms with Crippen LogP contribution < -0.4 is 11.5 Å². The predicted molar refractivity (Wildman–Crippen MR) is 88.6 cm³/mol. The molecule has 4 nitrogen and oxygen atoms in total. The van der Waals surface area contributed by atoms with Crippen LogP contribution in [0.25, 0.3) is 22.4 Å². The Morgan fingerprint density at radius 3 is 2.18 bits per heavy atom. The summed E-state index contributed by atoms with van der Waals surface area (Å²) in [6.45, 7) is 0. The van der Waals surface area contributed by atoms with Crippen molar-refractivity contribution < 1.29 is 0 Å². The summed E-state index contributed by atoms with van der Waals surface area (Å²) in [5, 5.41) is 9.37. The second kappa shape index (κ2) is 5.58. The van der Waals surface area contributed by atoms with Crippen molar-refractivity contribution in [3.8, 4) is 28.5 Å². The first-order valence-electron chi connectivity index (χ1n) is 6.81. The van der Waals surface area contributed by atoms with Gasteiger partial charge in [0.15, 0.2) is 0 Å². The summed E-state index contributed by atoms with van der Waals surface area (Å²) in [6.07, 6.45) is 0. The number of anilines is 2. The lowest BCUT2D eigenvalue weighted by molar-refractivity contribution is 1.31. The van der Waals surface area contributed by atoms with E-state index in [4.69, 9.17) is 11.5 Å². The van der Waals surface area contributed by atoms with Crippen molar-refractivity contribution in [2.45, 2.75) is 0 Å². The lowest BCUT2D eigenvalue weighted by atomic mass is 9.98. The molecule has 1 aromatic heterocycles. The molecule has 2 aromatic carbocycles. The Balaban J connectivity index is 2.21. The molecular weight excluding hydrogens is 272 g/mol. The zero-order valence-corrected chi connectivity index (χ0v) is 11.8. The summed E-state index contributed by atoms with van der Waals surface area (Å²) < 4.78 is 0. The van der Waals surface area contributed by atoms with Crippen LogP contribution in [0.15, 0.2) is 60.7 Å². The largest absolute Gasteiger partial charge is 0.399 e.